The Morgan fingerprint density at radius 2 is 1.92 bits per heavy atom. The quantitative estimate of drug-likeness (QED) is 0.759. The van der Waals surface area contributed by atoms with Crippen molar-refractivity contribution in [1.82, 2.24) is 15.1 Å². The summed E-state index contributed by atoms with van der Waals surface area (Å²) in [4.78, 5) is 35.3. The van der Waals surface area contributed by atoms with Gasteiger partial charge < -0.3 is 10.4 Å². The number of unbranched alkanes of at least 4 members (excludes halogenated alkanes) is 1. The topological polar surface area (TPSA) is 101 Å². The van der Waals surface area contributed by atoms with E-state index in [1.54, 1.807) is 6.07 Å². The average Bonchev–Trinajstić information content (AvgIpc) is 2.61. The lowest BCUT2D eigenvalue weighted by Crippen LogP contribution is -2.43. The zero-order valence-electron chi connectivity index (χ0n) is 14.0. The van der Waals surface area contributed by atoms with Crippen LogP contribution in [0.5, 0.6) is 0 Å². The van der Waals surface area contributed by atoms with Gasteiger partial charge in [-0.05, 0) is 12.5 Å². The van der Waals surface area contributed by atoms with Gasteiger partial charge in [0, 0.05) is 11.6 Å². The van der Waals surface area contributed by atoms with Crippen molar-refractivity contribution in [2.75, 3.05) is 0 Å². The molecule has 0 fully saturated rings. The molecular formula is C18H21N3O4. The number of hydrogen-bond donors (Lipinski definition) is 2. The van der Waals surface area contributed by atoms with Crippen molar-refractivity contribution in [3.63, 3.8) is 0 Å². The van der Waals surface area contributed by atoms with Crippen LogP contribution in [0.25, 0.3) is 11.3 Å². The summed E-state index contributed by atoms with van der Waals surface area (Å²) >= 11 is 0. The number of carbonyl (C=O) groups excluding carboxylic acids is 1. The number of nitrogens with one attached hydrogen (secondary N) is 1. The van der Waals surface area contributed by atoms with Crippen LogP contribution in [0, 0.1) is 0 Å². The van der Waals surface area contributed by atoms with Gasteiger partial charge in [0.05, 0.1) is 5.69 Å². The fourth-order valence-electron chi connectivity index (χ4n) is 2.37. The number of nitrogens with zero attached hydrogens (tertiary/aromatic N) is 2. The normalized spacial score (nSPS) is 11.7. The van der Waals surface area contributed by atoms with E-state index >= 15 is 0 Å². The molecule has 1 amide bonds. The maximum Gasteiger partial charge on any atom is 0.326 e. The summed E-state index contributed by atoms with van der Waals surface area (Å²) in [5, 5.41) is 15.8. The van der Waals surface area contributed by atoms with Gasteiger partial charge in [-0.1, -0.05) is 50.1 Å². The van der Waals surface area contributed by atoms with Crippen molar-refractivity contribution >= 4 is 11.9 Å². The monoisotopic (exact) mass is 343 g/mol. The van der Waals surface area contributed by atoms with Crippen LogP contribution in [0.1, 0.15) is 26.2 Å². The smallest absolute Gasteiger partial charge is 0.326 e. The molecule has 2 N–H and O–H groups in total. The zero-order chi connectivity index (χ0) is 18.2. The Bertz CT molecular complexity index is 786. The van der Waals surface area contributed by atoms with Crippen LogP contribution in [0.4, 0.5) is 0 Å². The molecule has 7 nitrogen and oxygen atoms in total. The molecule has 0 spiro atoms. The van der Waals surface area contributed by atoms with Crippen molar-refractivity contribution in [3.8, 4) is 11.3 Å². The van der Waals surface area contributed by atoms with Gasteiger partial charge in [0.1, 0.15) is 12.6 Å². The molecule has 0 bridgehead atoms. The Morgan fingerprint density at radius 3 is 2.56 bits per heavy atom. The summed E-state index contributed by atoms with van der Waals surface area (Å²) in [7, 11) is 0. The Morgan fingerprint density at radius 1 is 1.20 bits per heavy atom. The van der Waals surface area contributed by atoms with Crippen LogP contribution in [0.3, 0.4) is 0 Å². The first kappa shape index (κ1) is 18.4. The van der Waals surface area contributed by atoms with Crippen LogP contribution in [0.15, 0.2) is 47.3 Å². The Labute approximate surface area is 145 Å². The molecule has 0 saturated heterocycles. The van der Waals surface area contributed by atoms with E-state index in [9.17, 15) is 14.4 Å². The Kier molecular flexibility index (Phi) is 6.45. The van der Waals surface area contributed by atoms with Gasteiger partial charge in [0.2, 0.25) is 5.91 Å². The molecule has 2 aromatic rings. The van der Waals surface area contributed by atoms with E-state index in [0.29, 0.717) is 18.5 Å². The van der Waals surface area contributed by atoms with Crippen LogP contribution in [-0.4, -0.2) is 32.8 Å². The molecular weight excluding hydrogens is 322 g/mol. The molecule has 0 aliphatic carbocycles. The minimum Gasteiger partial charge on any atom is -0.480 e. The molecule has 1 atom stereocenters. The highest BCUT2D eigenvalue weighted by Gasteiger charge is 2.19. The molecule has 7 heteroatoms. The first-order valence-corrected chi connectivity index (χ1v) is 8.17. The number of carbonyl (C=O) groups is 2. The number of aliphatic carboxylic acids is 1. The predicted molar refractivity (Wildman–Crippen MR) is 93.0 cm³/mol. The fourth-order valence-corrected chi connectivity index (χ4v) is 2.37. The lowest BCUT2D eigenvalue weighted by atomic mass is 10.1. The first-order chi connectivity index (χ1) is 12.0. The minimum atomic E-state index is -1.08. The third-order valence-corrected chi connectivity index (χ3v) is 3.71. The van der Waals surface area contributed by atoms with Crippen molar-refractivity contribution in [2.24, 2.45) is 0 Å². The fraction of sp³-hybridized carbons (Fsp3) is 0.333. The summed E-state index contributed by atoms with van der Waals surface area (Å²) in [5.74, 6) is -1.64. The highest BCUT2D eigenvalue weighted by atomic mass is 16.4. The standard InChI is InChI=1S/C18H21N3O4/c1-2-3-9-15(18(24)25)19-16(22)12-21-17(23)11-10-14(20-21)13-7-5-4-6-8-13/h4-8,10-11,15H,2-3,9,12H2,1H3,(H,19,22)(H,24,25). The lowest BCUT2D eigenvalue weighted by molar-refractivity contribution is -0.142. The van der Waals surface area contributed by atoms with Gasteiger partial charge in [-0.3, -0.25) is 9.59 Å². The minimum absolute atomic E-state index is 0.324. The van der Waals surface area contributed by atoms with E-state index in [1.165, 1.54) is 6.07 Å². The van der Waals surface area contributed by atoms with E-state index < -0.39 is 23.5 Å². The number of benzene rings is 1. The summed E-state index contributed by atoms with van der Waals surface area (Å²) in [5.41, 5.74) is 0.965. The van der Waals surface area contributed by atoms with E-state index in [-0.39, 0.29) is 6.54 Å². The molecule has 1 heterocycles. The third-order valence-electron chi connectivity index (χ3n) is 3.71. The van der Waals surface area contributed by atoms with Gasteiger partial charge in [-0.25, -0.2) is 9.48 Å². The van der Waals surface area contributed by atoms with Crippen molar-refractivity contribution in [2.45, 2.75) is 38.8 Å². The first-order valence-electron chi connectivity index (χ1n) is 8.17. The number of hydrogen-bond acceptors (Lipinski definition) is 4. The van der Waals surface area contributed by atoms with E-state index in [0.717, 1.165) is 16.7 Å². The molecule has 0 radical (unpaired) electrons. The molecule has 0 aliphatic rings. The average molecular weight is 343 g/mol. The molecule has 0 aliphatic heterocycles. The van der Waals surface area contributed by atoms with Crippen LogP contribution in [-0.2, 0) is 16.1 Å². The largest absolute Gasteiger partial charge is 0.480 e. The number of aromatic nitrogens is 2. The molecule has 2 rings (SSSR count). The number of carboxylic acid groups (broad SMARTS) is 1. The number of amides is 1. The molecule has 132 valence electrons. The van der Waals surface area contributed by atoms with Gasteiger partial charge in [-0.15, -0.1) is 0 Å². The predicted octanol–water partition coefficient (Wildman–Crippen LogP) is 1.67. The van der Waals surface area contributed by atoms with Gasteiger partial charge >= 0.3 is 5.97 Å². The van der Waals surface area contributed by atoms with Crippen molar-refractivity contribution in [1.29, 1.82) is 0 Å². The number of rotatable bonds is 8. The van der Waals surface area contributed by atoms with Crippen LogP contribution < -0.4 is 10.9 Å². The maximum atomic E-state index is 12.1. The summed E-state index contributed by atoms with van der Waals surface area (Å²) in [6, 6.07) is 11.2. The molecule has 1 aromatic carbocycles. The lowest BCUT2D eigenvalue weighted by Gasteiger charge is -2.14. The van der Waals surface area contributed by atoms with Crippen molar-refractivity contribution < 1.29 is 14.7 Å². The highest BCUT2D eigenvalue weighted by Crippen LogP contribution is 2.13. The molecule has 0 saturated carbocycles. The second kappa shape index (κ2) is 8.77. The molecule has 1 aromatic heterocycles. The van der Waals surface area contributed by atoms with Crippen LogP contribution >= 0.6 is 0 Å². The Hall–Kier alpha value is -2.96. The highest BCUT2D eigenvalue weighted by molar-refractivity contribution is 5.83. The second-order valence-electron chi connectivity index (χ2n) is 5.68. The molecule has 25 heavy (non-hydrogen) atoms. The van der Waals surface area contributed by atoms with Gasteiger partial charge in [-0.2, -0.15) is 5.10 Å². The van der Waals surface area contributed by atoms with Crippen LogP contribution in [0.2, 0.25) is 0 Å². The van der Waals surface area contributed by atoms with Crippen molar-refractivity contribution in [3.05, 3.63) is 52.8 Å². The third kappa shape index (κ3) is 5.27. The summed E-state index contributed by atoms with van der Waals surface area (Å²) in [6.07, 6.45) is 1.88. The molecule has 1 unspecified atom stereocenters. The van der Waals surface area contributed by atoms with E-state index in [4.69, 9.17) is 5.11 Å². The summed E-state index contributed by atoms with van der Waals surface area (Å²) < 4.78 is 1.04. The summed E-state index contributed by atoms with van der Waals surface area (Å²) in [6.45, 7) is 1.62. The van der Waals surface area contributed by atoms with E-state index in [1.807, 2.05) is 37.3 Å². The van der Waals surface area contributed by atoms with Gasteiger partial charge in [0.25, 0.3) is 5.56 Å². The van der Waals surface area contributed by atoms with Gasteiger partial charge in [0.15, 0.2) is 0 Å². The SMILES string of the molecule is CCCCC(NC(=O)Cn1nc(-c2ccccc2)ccc1=O)C(=O)O. The second-order valence-corrected chi connectivity index (χ2v) is 5.68. The van der Waals surface area contributed by atoms with E-state index in [2.05, 4.69) is 10.4 Å². The zero-order valence-corrected chi connectivity index (χ0v) is 14.0. The number of carboxylic acids is 1. The Balaban J connectivity index is 2.12. The maximum absolute atomic E-state index is 12.1.